The quantitative estimate of drug-likeness (QED) is 0.722. The summed E-state index contributed by atoms with van der Waals surface area (Å²) in [7, 11) is -1.79. The Morgan fingerprint density at radius 3 is 2.48 bits per heavy atom. The van der Waals surface area contributed by atoms with E-state index in [0.717, 1.165) is 19.4 Å². The Bertz CT molecular complexity index is 457. The van der Waals surface area contributed by atoms with Crippen LogP contribution in [0.3, 0.4) is 0 Å². The van der Waals surface area contributed by atoms with Crippen molar-refractivity contribution >= 4 is 10.2 Å². The first kappa shape index (κ1) is 15.6. The Kier molecular flexibility index (Phi) is 4.54. The lowest BCUT2D eigenvalue weighted by atomic mass is 9.87. The van der Waals surface area contributed by atoms with Crippen LogP contribution >= 0.6 is 0 Å². The van der Waals surface area contributed by atoms with Crippen LogP contribution in [0.25, 0.3) is 0 Å². The molecule has 0 aromatic carbocycles. The minimum atomic E-state index is -3.42. The third-order valence-corrected chi connectivity index (χ3v) is 6.78. The number of ether oxygens (including phenoxy) is 3. The van der Waals surface area contributed by atoms with Crippen LogP contribution in [0.5, 0.6) is 0 Å². The maximum Gasteiger partial charge on any atom is 0.282 e. The van der Waals surface area contributed by atoms with E-state index < -0.39 is 10.2 Å². The van der Waals surface area contributed by atoms with E-state index in [1.807, 2.05) is 0 Å². The number of piperidine rings is 1. The molecule has 3 aliphatic rings. The average molecular weight is 320 g/mol. The van der Waals surface area contributed by atoms with Crippen LogP contribution in [0.2, 0.25) is 0 Å². The van der Waals surface area contributed by atoms with Gasteiger partial charge in [-0.3, -0.25) is 0 Å². The summed E-state index contributed by atoms with van der Waals surface area (Å²) in [5, 5.41) is 0. The largest absolute Gasteiger partial charge is 0.379 e. The van der Waals surface area contributed by atoms with Gasteiger partial charge in [0.1, 0.15) is 0 Å². The minimum absolute atomic E-state index is 0.190. The maximum atomic E-state index is 12.7. The molecule has 122 valence electrons. The van der Waals surface area contributed by atoms with E-state index >= 15 is 0 Å². The third-order valence-electron chi connectivity index (χ3n) is 4.78. The predicted molar refractivity (Wildman–Crippen MR) is 76.2 cm³/mol. The highest BCUT2D eigenvalue weighted by molar-refractivity contribution is 7.86. The number of morpholine rings is 1. The molecule has 0 aromatic heterocycles. The number of hydrogen-bond donors (Lipinski definition) is 0. The van der Waals surface area contributed by atoms with Gasteiger partial charge in [0.25, 0.3) is 10.2 Å². The van der Waals surface area contributed by atoms with Crippen LogP contribution < -0.4 is 0 Å². The summed E-state index contributed by atoms with van der Waals surface area (Å²) >= 11 is 0. The summed E-state index contributed by atoms with van der Waals surface area (Å²) in [5.41, 5.74) is -0.286. The smallest absolute Gasteiger partial charge is 0.282 e. The first-order valence-electron chi connectivity index (χ1n) is 7.58. The Hall–Kier alpha value is -0.250. The second-order valence-electron chi connectivity index (χ2n) is 5.87. The Balaban J connectivity index is 1.72. The van der Waals surface area contributed by atoms with E-state index in [2.05, 4.69) is 0 Å². The standard InChI is InChI=1S/C13H24N2O5S/c1-18-12-11-15(5-4-13(12)3-2-8-20-13)21(16,17)14-6-9-19-10-7-14/h12H,2-11H2,1H3/t12-,13-/m0/s1. The summed E-state index contributed by atoms with van der Waals surface area (Å²) in [5.74, 6) is 0. The molecule has 0 unspecified atom stereocenters. The van der Waals surface area contributed by atoms with Crippen molar-refractivity contribution in [3.8, 4) is 0 Å². The number of hydrogen-bond acceptors (Lipinski definition) is 5. The molecular weight excluding hydrogens is 296 g/mol. The summed E-state index contributed by atoms with van der Waals surface area (Å²) in [4.78, 5) is 0. The minimum Gasteiger partial charge on any atom is -0.379 e. The van der Waals surface area contributed by atoms with Crippen LogP contribution in [0.15, 0.2) is 0 Å². The highest BCUT2D eigenvalue weighted by Gasteiger charge is 2.49. The zero-order valence-corrected chi connectivity index (χ0v) is 13.3. The van der Waals surface area contributed by atoms with Crippen LogP contribution in [0, 0.1) is 0 Å². The zero-order chi connectivity index (χ0) is 14.9. The zero-order valence-electron chi connectivity index (χ0n) is 12.5. The molecule has 2 atom stereocenters. The van der Waals surface area contributed by atoms with E-state index in [-0.39, 0.29) is 11.7 Å². The van der Waals surface area contributed by atoms with Crippen molar-refractivity contribution < 1.29 is 22.6 Å². The summed E-state index contributed by atoms with van der Waals surface area (Å²) in [6, 6.07) is 0. The number of nitrogens with zero attached hydrogens (tertiary/aromatic N) is 2. The van der Waals surface area contributed by atoms with Crippen molar-refractivity contribution in [2.24, 2.45) is 0 Å². The van der Waals surface area contributed by atoms with Crippen molar-refractivity contribution in [1.29, 1.82) is 0 Å². The maximum absolute atomic E-state index is 12.7. The first-order valence-corrected chi connectivity index (χ1v) is 8.98. The molecule has 3 rings (SSSR count). The van der Waals surface area contributed by atoms with Gasteiger partial charge in [-0.2, -0.15) is 17.0 Å². The van der Waals surface area contributed by atoms with Gasteiger partial charge in [0, 0.05) is 39.9 Å². The molecule has 3 heterocycles. The molecule has 0 aliphatic carbocycles. The van der Waals surface area contributed by atoms with Crippen LogP contribution in [-0.4, -0.2) is 81.8 Å². The number of rotatable bonds is 3. The molecule has 3 aliphatic heterocycles. The molecule has 0 aromatic rings. The van der Waals surface area contributed by atoms with E-state index in [9.17, 15) is 8.42 Å². The van der Waals surface area contributed by atoms with Gasteiger partial charge in [-0.15, -0.1) is 0 Å². The highest BCUT2D eigenvalue weighted by Crippen LogP contribution is 2.38. The number of methoxy groups -OCH3 is 1. The Morgan fingerprint density at radius 1 is 1.10 bits per heavy atom. The molecule has 3 fully saturated rings. The second kappa shape index (κ2) is 6.10. The van der Waals surface area contributed by atoms with Gasteiger partial charge in [0.2, 0.25) is 0 Å². The average Bonchev–Trinajstić information content (AvgIpc) is 2.97. The molecule has 7 nitrogen and oxygen atoms in total. The van der Waals surface area contributed by atoms with E-state index in [1.54, 1.807) is 11.4 Å². The first-order chi connectivity index (χ1) is 10.1. The van der Waals surface area contributed by atoms with E-state index in [1.165, 1.54) is 4.31 Å². The van der Waals surface area contributed by atoms with Crippen molar-refractivity contribution in [3.63, 3.8) is 0 Å². The molecular formula is C13H24N2O5S. The van der Waals surface area contributed by atoms with E-state index in [0.29, 0.717) is 45.8 Å². The van der Waals surface area contributed by atoms with Gasteiger partial charge in [0.05, 0.1) is 24.9 Å². The molecule has 0 N–H and O–H groups in total. The predicted octanol–water partition coefficient (Wildman–Crippen LogP) is -0.167. The van der Waals surface area contributed by atoms with Crippen molar-refractivity contribution in [1.82, 2.24) is 8.61 Å². The van der Waals surface area contributed by atoms with Crippen molar-refractivity contribution in [2.45, 2.75) is 31.0 Å². The lowest BCUT2D eigenvalue weighted by Crippen LogP contribution is -2.60. The molecule has 0 bridgehead atoms. The van der Waals surface area contributed by atoms with Crippen LogP contribution in [-0.2, 0) is 24.4 Å². The molecule has 0 radical (unpaired) electrons. The monoisotopic (exact) mass is 320 g/mol. The fourth-order valence-electron chi connectivity index (χ4n) is 3.53. The molecule has 8 heteroatoms. The topological polar surface area (TPSA) is 68.3 Å². The van der Waals surface area contributed by atoms with Crippen LogP contribution in [0.1, 0.15) is 19.3 Å². The SMILES string of the molecule is CO[C@H]1CN(S(=O)(=O)N2CCOCC2)CC[C@@]12CCCO2. The van der Waals surface area contributed by atoms with Crippen molar-refractivity contribution in [2.75, 3.05) is 53.1 Å². The van der Waals surface area contributed by atoms with Gasteiger partial charge in [0.15, 0.2) is 0 Å². The molecule has 1 spiro atoms. The molecule has 21 heavy (non-hydrogen) atoms. The summed E-state index contributed by atoms with van der Waals surface area (Å²) < 4.78 is 45.2. The molecule has 0 amide bonds. The van der Waals surface area contributed by atoms with E-state index in [4.69, 9.17) is 14.2 Å². The fraction of sp³-hybridized carbons (Fsp3) is 1.00. The Labute approximate surface area is 126 Å². The van der Waals surface area contributed by atoms with Gasteiger partial charge in [-0.25, -0.2) is 0 Å². The van der Waals surface area contributed by atoms with Crippen molar-refractivity contribution in [3.05, 3.63) is 0 Å². The second-order valence-corrected chi connectivity index (χ2v) is 7.80. The van der Waals surface area contributed by atoms with Gasteiger partial charge in [-0.05, 0) is 19.3 Å². The van der Waals surface area contributed by atoms with Gasteiger partial charge >= 0.3 is 0 Å². The Morgan fingerprint density at radius 2 is 1.86 bits per heavy atom. The normalized spacial score (nSPS) is 36.3. The fourth-order valence-corrected chi connectivity index (χ4v) is 5.11. The molecule has 3 saturated heterocycles. The summed E-state index contributed by atoms with van der Waals surface area (Å²) in [6.45, 7) is 3.41. The molecule has 0 saturated carbocycles. The van der Waals surface area contributed by atoms with Gasteiger partial charge < -0.3 is 14.2 Å². The lowest BCUT2D eigenvalue weighted by molar-refractivity contribution is -0.132. The van der Waals surface area contributed by atoms with Crippen LogP contribution in [0.4, 0.5) is 0 Å². The third kappa shape index (κ3) is 2.85. The van der Waals surface area contributed by atoms with Gasteiger partial charge in [-0.1, -0.05) is 0 Å². The highest BCUT2D eigenvalue weighted by atomic mass is 32.2. The summed E-state index contributed by atoms with van der Waals surface area (Å²) in [6.07, 6.45) is 2.49. The lowest BCUT2D eigenvalue weighted by Gasteiger charge is -2.44.